The van der Waals surface area contributed by atoms with Crippen LogP contribution in [0.2, 0.25) is 5.02 Å². The van der Waals surface area contributed by atoms with Crippen LogP contribution in [0.4, 0.5) is 0 Å². The zero-order valence-electron chi connectivity index (χ0n) is 12.8. The molecular weight excluding hydrogens is 368 g/mol. The minimum atomic E-state index is -3.70. The normalized spacial score (nSPS) is 11.4. The van der Waals surface area contributed by atoms with Crippen LogP contribution in [0, 0.1) is 0 Å². The Morgan fingerprint density at radius 2 is 2.00 bits per heavy atom. The van der Waals surface area contributed by atoms with E-state index in [1.54, 1.807) is 35.7 Å². The van der Waals surface area contributed by atoms with Gasteiger partial charge in [-0.15, -0.1) is 17.9 Å². The van der Waals surface area contributed by atoms with E-state index in [0.717, 1.165) is 21.2 Å². The summed E-state index contributed by atoms with van der Waals surface area (Å²) in [7, 11) is -3.70. The number of sulfonamides is 1. The van der Waals surface area contributed by atoms with Crippen molar-refractivity contribution in [2.75, 3.05) is 13.1 Å². The van der Waals surface area contributed by atoms with Crippen LogP contribution in [0.25, 0.3) is 0 Å². The summed E-state index contributed by atoms with van der Waals surface area (Å²) in [5.74, 6) is -0.382. The highest BCUT2D eigenvalue weighted by molar-refractivity contribution is 7.91. The van der Waals surface area contributed by atoms with Crippen molar-refractivity contribution in [2.24, 2.45) is 0 Å². The Hall–Kier alpha value is -1.67. The van der Waals surface area contributed by atoms with Crippen LogP contribution in [-0.2, 0) is 21.4 Å². The van der Waals surface area contributed by atoms with Gasteiger partial charge >= 0.3 is 0 Å². The Morgan fingerprint density at radius 3 is 2.58 bits per heavy atom. The summed E-state index contributed by atoms with van der Waals surface area (Å²) in [5, 5.41) is 5.00. The van der Waals surface area contributed by atoms with Crippen molar-refractivity contribution in [1.29, 1.82) is 0 Å². The molecule has 2 aromatic rings. The van der Waals surface area contributed by atoms with Crippen molar-refractivity contribution < 1.29 is 13.2 Å². The molecule has 0 atom stereocenters. The molecule has 0 radical (unpaired) electrons. The lowest BCUT2D eigenvalue weighted by Gasteiger charge is -2.19. The molecule has 24 heavy (non-hydrogen) atoms. The monoisotopic (exact) mass is 384 g/mol. The fraction of sp³-hybridized carbons (Fsp3) is 0.188. The highest BCUT2D eigenvalue weighted by Crippen LogP contribution is 2.20. The van der Waals surface area contributed by atoms with E-state index in [9.17, 15) is 13.2 Å². The van der Waals surface area contributed by atoms with Crippen molar-refractivity contribution in [3.8, 4) is 0 Å². The maximum Gasteiger partial charge on any atom is 0.253 e. The molecule has 1 amide bonds. The van der Waals surface area contributed by atoms with E-state index < -0.39 is 10.0 Å². The lowest BCUT2D eigenvalue weighted by Crippen LogP contribution is -2.40. The largest absolute Gasteiger partial charge is 0.351 e. The summed E-state index contributed by atoms with van der Waals surface area (Å²) >= 11 is 6.92. The van der Waals surface area contributed by atoms with Crippen molar-refractivity contribution in [3.05, 3.63) is 65.0 Å². The van der Waals surface area contributed by atoms with Gasteiger partial charge in [0.1, 0.15) is 4.21 Å². The van der Waals surface area contributed by atoms with Crippen LogP contribution in [0.5, 0.6) is 0 Å². The van der Waals surface area contributed by atoms with Crippen LogP contribution >= 0.6 is 22.9 Å². The Kier molecular flexibility index (Phi) is 6.56. The molecule has 0 aliphatic heterocycles. The van der Waals surface area contributed by atoms with E-state index in [1.165, 1.54) is 12.1 Å². The molecular formula is C16H17ClN2O3S2. The highest BCUT2D eigenvalue weighted by atomic mass is 35.5. The highest BCUT2D eigenvalue weighted by Gasteiger charge is 2.26. The van der Waals surface area contributed by atoms with Gasteiger partial charge in [0.2, 0.25) is 5.91 Å². The summed E-state index contributed by atoms with van der Waals surface area (Å²) in [5.41, 5.74) is 0.879. The summed E-state index contributed by atoms with van der Waals surface area (Å²) in [6, 6.07) is 10.2. The molecule has 0 saturated heterocycles. The zero-order chi connectivity index (χ0) is 17.6. The van der Waals surface area contributed by atoms with E-state index in [1.807, 2.05) is 0 Å². The minimum absolute atomic E-state index is 0.0641. The molecule has 1 heterocycles. The third kappa shape index (κ3) is 4.91. The van der Waals surface area contributed by atoms with Crippen LogP contribution in [0.1, 0.15) is 5.56 Å². The average molecular weight is 385 g/mol. The smallest absolute Gasteiger partial charge is 0.253 e. The van der Waals surface area contributed by atoms with Crippen molar-refractivity contribution in [1.82, 2.24) is 9.62 Å². The summed E-state index contributed by atoms with van der Waals surface area (Å²) < 4.78 is 26.4. The van der Waals surface area contributed by atoms with Gasteiger partial charge in [-0.3, -0.25) is 4.79 Å². The molecule has 2 rings (SSSR count). The molecule has 0 bridgehead atoms. The average Bonchev–Trinajstić information content (AvgIpc) is 3.09. The van der Waals surface area contributed by atoms with Gasteiger partial charge in [-0.05, 0) is 29.1 Å². The quantitative estimate of drug-likeness (QED) is 0.711. The maximum absolute atomic E-state index is 12.5. The number of carbonyl (C=O) groups is 1. The number of hydrogen-bond acceptors (Lipinski definition) is 4. The second kappa shape index (κ2) is 8.43. The number of carbonyl (C=O) groups excluding carboxylic acids is 1. The van der Waals surface area contributed by atoms with Crippen LogP contribution in [-0.4, -0.2) is 31.7 Å². The van der Waals surface area contributed by atoms with Crippen molar-refractivity contribution >= 4 is 38.9 Å². The molecule has 8 heteroatoms. The first-order valence-electron chi connectivity index (χ1n) is 7.09. The maximum atomic E-state index is 12.5. The molecule has 0 spiro atoms. The van der Waals surface area contributed by atoms with E-state index in [0.29, 0.717) is 11.6 Å². The van der Waals surface area contributed by atoms with E-state index in [-0.39, 0.29) is 23.2 Å². The molecule has 1 aromatic heterocycles. The first kappa shape index (κ1) is 18.7. The second-order valence-corrected chi connectivity index (χ2v) is 8.47. The first-order chi connectivity index (χ1) is 11.4. The van der Waals surface area contributed by atoms with Gasteiger partial charge < -0.3 is 5.32 Å². The van der Waals surface area contributed by atoms with Crippen LogP contribution in [0.15, 0.2) is 58.6 Å². The standard InChI is InChI=1S/C16H17ClN2O3S2/c1-2-9-19(24(21,22)16-4-3-10-23-16)12-15(20)18-11-13-5-7-14(17)8-6-13/h2-8,10H,1,9,11-12H2,(H,18,20). The van der Waals surface area contributed by atoms with Crippen LogP contribution in [0.3, 0.4) is 0 Å². The third-order valence-corrected chi connectivity index (χ3v) is 6.58. The van der Waals surface area contributed by atoms with Gasteiger partial charge in [-0.25, -0.2) is 8.42 Å². The second-order valence-electron chi connectivity index (χ2n) is 4.92. The predicted molar refractivity (Wildman–Crippen MR) is 96.6 cm³/mol. The van der Waals surface area contributed by atoms with Gasteiger partial charge in [-0.2, -0.15) is 4.31 Å². The zero-order valence-corrected chi connectivity index (χ0v) is 15.2. The summed E-state index contributed by atoms with van der Waals surface area (Å²) in [6.45, 7) is 3.66. The first-order valence-corrected chi connectivity index (χ1v) is 9.79. The number of nitrogens with zero attached hydrogens (tertiary/aromatic N) is 1. The Balaban J connectivity index is 2.00. The molecule has 0 unspecified atom stereocenters. The molecule has 128 valence electrons. The molecule has 0 fully saturated rings. The molecule has 1 N–H and O–H groups in total. The molecule has 1 aromatic carbocycles. The number of nitrogens with one attached hydrogen (secondary N) is 1. The fourth-order valence-electron chi connectivity index (χ4n) is 1.95. The van der Waals surface area contributed by atoms with Gasteiger partial charge in [0.25, 0.3) is 10.0 Å². The lowest BCUT2D eigenvalue weighted by atomic mass is 10.2. The minimum Gasteiger partial charge on any atom is -0.351 e. The van der Waals surface area contributed by atoms with E-state index in [4.69, 9.17) is 11.6 Å². The summed E-state index contributed by atoms with van der Waals surface area (Å²) in [4.78, 5) is 12.1. The Labute approximate surface area is 150 Å². The number of halogens is 1. The number of amides is 1. The molecule has 0 aliphatic carbocycles. The number of thiophene rings is 1. The van der Waals surface area contributed by atoms with Gasteiger partial charge in [0.15, 0.2) is 0 Å². The third-order valence-electron chi connectivity index (χ3n) is 3.14. The predicted octanol–water partition coefficient (Wildman–Crippen LogP) is 2.89. The van der Waals surface area contributed by atoms with Gasteiger partial charge in [0, 0.05) is 18.1 Å². The summed E-state index contributed by atoms with van der Waals surface area (Å²) in [6.07, 6.45) is 1.46. The van der Waals surface area contributed by atoms with Crippen molar-refractivity contribution in [3.63, 3.8) is 0 Å². The van der Waals surface area contributed by atoms with E-state index >= 15 is 0 Å². The van der Waals surface area contributed by atoms with E-state index in [2.05, 4.69) is 11.9 Å². The molecule has 0 aliphatic rings. The van der Waals surface area contributed by atoms with Gasteiger partial charge in [-0.1, -0.05) is 35.9 Å². The number of benzene rings is 1. The SMILES string of the molecule is C=CCN(CC(=O)NCc1ccc(Cl)cc1)S(=O)(=O)c1cccs1. The Bertz CT molecular complexity index is 787. The molecule has 5 nitrogen and oxygen atoms in total. The topological polar surface area (TPSA) is 66.5 Å². The Morgan fingerprint density at radius 1 is 1.29 bits per heavy atom. The number of rotatable bonds is 8. The van der Waals surface area contributed by atoms with Crippen molar-refractivity contribution in [2.45, 2.75) is 10.8 Å². The van der Waals surface area contributed by atoms with Crippen LogP contribution < -0.4 is 5.32 Å². The lowest BCUT2D eigenvalue weighted by molar-refractivity contribution is -0.121. The number of hydrogen-bond donors (Lipinski definition) is 1. The molecule has 0 saturated carbocycles. The fourth-order valence-corrected chi connectivity index (χ4v) is 4.59. The van der Waals surface area contributed by atoms with Gasteiger partial charge in [0.05, 0.1) is 6.54 Å².